The second-order valence-corrected chi connectivity index (χ2v) is 9.39. The number of anilines is 2. The van der Waals surface area contributed by atoms with Gasteiger partial charge in [-0.2, -0.15) is 13.2 Å². The number of benzene rings is 2. The van der Waals surface area contributed by atoms with Crippen LogP contribution in [0.5, 0.6) is 0 Å². The van der Waals surface area contributed by atoms with Gasteiger partial charge in [-0.25, -0.2) is 9.37 Å². The normalized spacial score (nSPS) is 14.9. The number of hydrogen-bond donors (Lipinski definition) is 0. The lowest BCUT2D eigenvalue weighted by molar-refractivity contribution is -0.137. The Morgan fingerprint density at radius 2 is 1.60 bits per heavy atom. The number of nitrogens with zero attached hydrogens (tertiary/aromatic N) is 4. The standard InChI is InChI=1S/C26H20F4N4S/c27-19-8-6-17(7-9-19)21-16-35-25-23(21)34-10-2-5-22(34)24(31-25)33-13-11-32(12-14-33)20-4-1-3-18(15-20)26(28,29)30/h1-10,15-16H,11-14H2. The minimum absolute atomic E-state index is 0.274. The van der Waals surface area contributed by atoms with Crippen LogP contribution in [0.15, 0.2) is 72.2 Å². The molecule has 5 aromatic rings. The molecular weight excluding hydrogens is 476 g/mol. The van der Waals surface area contributed by atoms with Crippen LogP contribution in [0.1, 0.15) is 5.56 Å². The first-order valence-electron chi connectivity index (χ1n) is 11.2. The first-order chi connectivity index (χ1) is 16.9. The molecule has 2 aromatic carbocycles. The molecule has 0 spiro atoms. The van der Waals surface area contributed by atoms with Crippen LogP contribution in [0.3, 0.4) is 0 Å². The molecule has 1 aliphatic heterocycles. The molecule has 6 rings (SSSR count). The summed E-state index contributed by atoms with van der Waals surface area (Å²) in [6.45, 7) is 2.48. The molecule has 3 aromatic heterocycles. The third kappa shape index (κ3) is 3.89. The summed E-state index contributed by atoms with van der Waals surface area (Å²) in [7, 11) is 0. The van der Waals surface area contributed by atoms with Crippen molar-refractivity contribution in [1.29, 1.82) is 0 Å². The number of aromatic nitrogens is 2. The Hall–Kier alpha value is -3.59. The first-order valence-corrected chi connectivity index (χ1v) is 12.1. The van der Waals surface area contributed by atoms with Gasteiger partial charge in [-0.3, -0.25) is 0 Å². The molecule has 178 valence electrons. The lowest BCUT2D eigenvalue weighted by Gasteiger charge is -2.37. The fraction of sp³-hybridized carbons (Fsp3) is 0.192. The first kappa shape index (κ1) is 21.9. The van der Waals surface area contributed by atoms with Gasteiger partial charge in [0.2, 0.25) is 0 Å². The van der Waals surface area contributed by atoms with Gasteiger partial charge in [-0.15, -0.1) is 11.3 Å². The van der Waals surface area contributed by atoms with E-state index < -0.39 is 11.7 Å². The molecular formula is C26H20F4N4S. The summed E-state index contributed by atoms with van der Waals surface area (Å²) in [4.78, 5) is 10.0. The van der Waals surface area contributed by atoms with E-state index in [0.717, 1.165) is 38.9 Å². The number of piperazine rings is 1. The van der Waals surface area contributed by atoms with E-state index in [4.69, 9.17) is 4.98 Å². The fourth-order valence-electron chi connectivity index (χ4n) is 4.69. The lowest BCUT2D eigenvalue weighted by atomic mass is 10.1. The van der Waals surface area contributed by atoms with Crippen molar-refractivity contribution in [2.75, 3.05) is 36.0 Å². The Morgan fingerprint density at radius 1 is 0.857 bits per heavy atom. The van der Waals surface area contributed by atoms with Crippen LogP contribution in [-0.4, -0.2) is 35.6 Å². The molecule has 0 saturated carbocycles. The van der Waals surface area contributed by atoms with Gasteiger partial charge in [0.15, 0.2) is 5.82 Å². The molecule has 0 unspecified atom stereocenters. The lowest BCUT2D eigenvalue weighted by Crippen LogP contribution is -2.47. The van der Waals surface area contributed by atoms with E-state index in [1.165, 1.54) is 24.3 Å². The highest BCUT2D eigenvalue weighted by molar-refractivity contribution is 7.17. The van der Waals surface area contributed by atoms with Crippen LogP contribution < -0.4 is 9.80 Å². The largest absolute Gasteiger partial charge is 0.416 e. The highest BCUT2D eigenvalue weighted by Crippen LogP contribution is 2.37. The molecule has 1 aliphatic rings. The zero-order valence-electron chi connectivity index (χ0n) is 18.5. The number of hydrogen-bond acceptors (Lipinski definition) is 4. The maximum atomic E-state index is 13.4. The number of thiophene rings is 1. The van der Waals surface area contributed by atoms with E-state index in [-0.39, 0.29) is 5.82 Å². The second-order valence-electron chi connectivity index (χ2n) is 8.53. The van der Waals surface area contributed by atoms with Crippen molar-refractivity contribution < 1.29 is 17.6 Å². The van der Waals surface area contributed by atoms with Gasteiger partial charge in [0.25, 0.3) is 0 Å². The van der Waals surface area contributed by atoms with Crippen LogP contribution in [0, 0.1) is 5.82 Å². The minimum Gasteiger partial charge on any atom is -0.368 e. The monoisotopic (exact) mass is 496 g/mol. The van der Waals surface area contributed by atoms with E-state index >= 15 is 0 Å². The van der Waals surface area contributed by atoms with E-state index in [2.05, 4.69) is 9.30 Å². The molecule has 4 nitrogen and oxygen atoms in total. The molecule has 1 fully saturated rings. The second kappa shape index (κ2) is 8.27. The van der Waals surface area contributed by atoms with Crippen molar-refractivity contribution >= 4 is 38.7 Å². The maximum Gasteiger partial charge on any atom is 0.416 e. The summed E-state index contributed by atoms with van der Waals surface area (Å²) >= 11 is 1.54. The van der Waals surface area contributed by atoms with Crippen LogP contribution in [0.4, 0.5) is 29.1 Å². The zero-order valence-corrected chi connectivity index (χ0v) is 19.3. The number of halogens is 4. The minimum atomic E-state index is -4.36. The van der Waals surface area contributed by atoms with Gasteiger partial charge < -0.3 is 14.2 Å². The summed E-state index contributed by atoms with van der Waals surface area (Å²) in [5.74, 6) is 0.586. The van der Waals surface area contributed by atoms with Crippen molar-refractivity contribution in [1.82, 2.24) is 9.38 Å². The molecule has 9 heteroatoms. The van der Waals surface area contributed by atoms with Gasteiger partial charge in [0.05, 0.1) is 16.6 Å². The number of fused-ring (bicyclic) bond motifs is 3. The summed E-state index contributed by atoms with van der Waals surface area (Å²) < 4.78 is 55.0. The Morgan fingerprint density at radius 3 is 2.34 bits per heavy atom. The number of rotatable bonds is 3. The Labute approximate surface area is 202 Å². The predicted molar refractivity (Wildman–Crippen MR) is 132 cm³/mol. The molecule has 1 saturated heterocycles. The molecule has 4 heterocycles. The van der Waals surface area contributed by atoms with Gasteiger partial charge in [0, 0.05) is 49.0 Å². The molecule has 0 amide bonds. The van der Waals surface area contributed by atoms with E-state index in [1.54, 1.807) is 29.5 Å². The van der Waals surface area contributed by atoms with Crippen LogP contribution in [0.25, 0.3) is 27.0 Å². The van der Waals surface area contributed by atoms with Crippen molar-refractivity contribution in [3.05, 3.63) is 83.6 Å². The average Bonchev–Trinajstić information content (AvgIpc) is 3.51. The van der Waals surface area contributed by atoms with Crippen LogP contribution in [0.2, 0.25) is 0 Å². The van der Waals surface area contributed by atoms with Gasteiger partial charge in [-0.05, 0) is 48.0 Å². The zero-order chi connectivity index (χ0) is 24.2. The van der Waals surface area contributed by atoms with Crippen molar-refractivity contribution in [2.24, 2.45) is 0 Å². The predicted octanol–water partition coefficient (Wildman–Crippen LogP) is 6.70. The van der Waals surface area contributed by atoms with Gasteiger partial charge >= 0.3 is 6.18 Å². The SMILES string of the molecule is Fc1ccc(-c2csc3nc(N4CCN(c5cccc(C(F)(F)F)c5)CC4)c4cccn4c23)cc1. The Bertz CT molecular complexity index is 1510. The van der Waals surface area contributed by atoms with Crippen molar-refractivity contribution in [3.63, 3.8) is 0 Å². The third-order valence-electron chi connectivity index (χ3n) is 6.45. The molecule has 0 radical (unpaired) electrons. The quantitative estimate of drug-likeness (QED) is 0.260. The van der Waals surface area contributed by atoms with Gasteiger partial charge in [-0.1, -0.05) is 18.2 Å². The molecule has 0 aliphatic carbocycles. The summed E-state index contributed by atoms with van der Waals surface area (Å²) in [6, 6.07) is 16.0. The smallest absolute Gasteiger partial charge is 0.368 e. The average molecular weight is 497 g/mol. The fourth-order valence-corrected chi connectivity index (χ4v) is 5.62. The molecule has 0 atom stereocenters. The summed E-state index contributed by atoms with van der Waals surface area (Å²) in [5.41, 5.74) is 3.82. The molecule has 35 heavy (non-hydrogen) atoms. The van der Waals surface area contributed by atoms with E-state index in [1.807, 2.05) is 28.6 Å². The Balaban J connectivity index is 1.31. The summed E-state index contributed by atoms with van der Waals surface area (Å²) in [6.07, 6.45) is -2.35. The molecule has 0 N–H and O–H groups in total. The molecule has 0 bridgehead atoms. The highest BCUT2D eigenvalue weighted by atomic mass is 32.1. The van der Waals surface area contributed by atoms with Crippen molar-refractivity contribution in [2.45, 2.75) is 6.18 Å². The number of alkyl halides is 3. The van der Waals surface area contributed by atoms with Crippen LogP contribution >= 0.6 is 11.3 Å². The highest BCUT2D eigenvalue weighted by Gasteiger charge is 2.31. The summed E-state index contributed by atoms with van der Waals surface area (Å²) in [5, 5.41) is 2.04. The third-order valence-corrected chi connectivity index (χ3v) is 7.31. The van der Waals surface area contributed by atoms with Crippen molar-refractivity contribution in [3.8, 4) is 11.1 Å². The maximum absolute atomic E-state index is 13.4. The van der Waals surface area contributed by atoms with E-state index in [0.29, 0.717) is 31.9 Å². The topological polar surface area (TPSA) is 23.8 Å². The Kier molecular flexibility index (Phi) is 5.17. The van der Waals surface area contributed by atoms with E-state index in [9.17, 15) is 17.6 Å². The van der Waals surface area contributed by atoms with Crippen LogP contribution in [-0.2, 0) is 6.18 Å². The van der Waals surface area contributed by atoms with Gasteiger partial charge in [0.1, 0.15) is 10.6 Å².